The molecule has 2 N–H and O–H groups in total. The van der Waals surface area contributed by atoms with Crippen LogP contribution >= 0.6 is 11.3 Å². The molecule has 21 heavy (non-hydrogen) atoms. The maximum Gasteiger partial charge on any atom is 0.434 e. The summed E-state index contributed by atoms with van der Waals surface area (Å²) < 4.78 is 42.1. The van der Waals surface area contributed by atoms with Gasteiger partial charge in [0.05, 0.1) is 18.2 Å². The minimum atomic E-state index is -4.38. The van der Waals surface area contributed by atoms with Crippen molar-refractivity contribution in [1.29, 1.82) is 0 Å². The number of hydrogen-bond acceptors (Lipinski definition) is 4. The van der Waals surface area contributed by atoms with Crippen LogP contribution in [0.15, 0.2) is 10.4 Å². The number of halogens is 3. The van der Waals surface area contributed by atoms with Gasteiger partial charge in [0.1, 0.15) is 0 Å². The summed E-state index contributed by atoms with van der Waals surface area (Å²) in [7, 11) is 1.59. The van der Waals surface area contributed by atoms with Crippen molar-refractivity contribution in [3.63, 3.8) is 0 Å². The highest BCUT2D eigenvalue weighted by Gasteiger charge is 2.33. The Morgan fingerprint density at radius 3 is 2.76 bits per heavy atom. The third-order valence-electron chi connectivity index (χ3n) is 2.38. The Balaban J connectivity index is 2.43. The molecule has 0 bridgehead atoms. The molecule has 0 amide bonds. The number of thiazole rings is 1. The van der Waals surface area contributed by atoms with Gasteiger partial charge in [0.2, 0.25) is 0 Å². The van der Waals surface area contributed by atoms with Gasteiger partial charge in [-0.1, -0.05) is 0 Å². The molecular weight excluding hydrogens is 305 g/mol. The first-order valence-electron chi connectivity index (χ1n) is 6.50. The fourth-order valence-corrected chi connectivity index (χ4v) is 2.24. The highest BCUT2D eigenvalue weighted by atomic mass is 32.1. The second kappa shape index (κ2) is 8.83. The normalized spacial score (nSPS) is 12.5. The third-order valence-corrected chi connectivity index (χ3v) is 3.29. The van der Waals surface area contributed by atoms with E-state index in [4.69, 9.17) is 4.74 Å². The van der Waals surface area contributed by atoms with E-state index >= 15 is 0 Å². The fraction of sp³-hybridized carbons (Fsp3) is 0.667. The molecule has 0 aliphatic heterocycles. The van der Waals surface area contributed by atoms with Gasteiger partial charge in [-0.15, -0.1) is 11.3 Å². The molecule has 1 rings (SSSR count). The average Bonchev–Trinajstić information content (AvgIpc) is 2.88. The summed E-state index contributed by atoms with van der Waals surface area (Å²) in [5, 5.41) is 7.57. The van der Waals surface area contributed by atoms with Crippen LogP contribution in [0, 0.1) is 0 Å². The van der Waals surface area contributed by atoms with Crippen LogP contribution in [0.25, 0.3) is 0 Å². The molecule has 1 heterocycles. The molecular formula is C12H19F3N4OS. The van der Waals surface area contributed by atoms with Crippen molar-refractivity contribution < 1.29 is 17.9 Å². The molecule has 0 saturated carbocycles. The lowest BCUT2D eigenvalue weighted by Crippen LogP contribution is -2.38. The summed E-state index contributed by atoms with van der Waals surface area (Å²) >= 11 is 1.01. The molecule has 1 aromatic rings. The van der Waals surface area contributed by atoms with Crippen molar-refractivity contribution >= 4 is 17.3 Å². The molecule has 9 heteroatoms. The Labute approximate surface area is 125 Å². The standard InChI is InChI=1S/C12H19F3N4OS/c1-3-16-11(18-6-7-20-2)17-5-4-10-19-9(8-21-10)12(13,14)15/h8H,3-7H2,1-2H3,(H2,16,17,18). The van der Waals surface area contributed by atoms with Gasteiger partial charge >= 0.3 is 6.18 Å². The van der Waals surface area contributed by atoms with Crippen molar-refractivity contribution in [3.8, 4) is 0 Å². The quantitative estimate of drug-likeness (QED) is 0.457. The maximum atomic E-state index is 12.4. The van der Waals surface area contributed by atoms with E-state index in [0.29, 0.717) is 43.6 Å². The topological polar surface area (TPSA) is 58.5 Å². The summed E-state index contributed by atoms with van der Waals surface area (Å²) in [5.41, 5.74) is -0.830. The lowest BCUT2D eigenvalue weighted by molar-refractivity contribution is -0.140. The molecule has 0 spiro atoms. The Morgan fingerprint density at radius 1 is 1.43 bits per heavy atom. The molecule has 0 aliphatic carbocycles. The lowest BCUT2D eigenvalue weighted by Gasteiger charge is -2.10. The zero-order chi connectivity index (χ0) is 15.7. The fourth-order valence-electron chi connectivity index (χ4n) is 1.43. The molecule has 0 aromatic carbocycles. The van der Waals surface area contributed by atoms with Crippen molar-refractivity contribution in [2.45, 2.75) is 19.5 Å². The third kappa shape index (κ3) is 6.76. The van der Waals surface area contributed by atoms with Crippen LogP contribution in [0.3, 0.4) is 0 Å². The Morgan fingerprint density at radius 2 is 2.19 bits per heavy atom. The number of guanidine groups is 1. The second-order valence-corrected chi connectivity index (χ2v) is 5.00. The summed E-state index contributed by atoms with van der Waals surface area (Å²) in [6.45, 7) is 4.13. The SMILES string of the molecule is CCNC(=NCCOC)NCCc1nc(C(F)(F)F)cs1. The Bertz CT molecular complexity index is 448. The Hall–Kier alpha value is -1.35. The van der Waals surface area contributed by atoms with Crippen LogP contribution in [0.2, 0.25) is 0 Å². The zero-order valence-electron chi connectivity index (χ0n) is 12.0. The smallest absolute Gasteiger partial charge is 0.383 e. The minimum Gasteiger partial charge on any atom is -0.383 e. The number of alkyl halides is 3. The zero-order valence-corrected chi connectivity index (χ0v) is 12.8. The predicted octanol–water partition coefficient (Wildman–Crippen LogP) is 1.91. The van der Waals surface area contributed by atoms with E-state index in [9.17, 15) is 13.2 Å². The van der Waals surface area contributed by atoms with Gasteiger partial charge in [0.25, 0.3) is 0 Å². The van der Waals surface area contributed by atoms with Crippen LogP contribution in [-0.2, 0) is 17.3 Å². The van der Waals surface area contributed by atoms with E-state index in [1.807, 2.05) is 6.92 Å². The van der Waals surface area contributed by atoms with Gasteiger partial charge in [-0.05, 0) is 6.92 Å². The van der Waals surface area contributed by atoms with E-state index in [0.717, 1.165) is 16.7 Å². The molecule has 5 nitrogen and oxygen atoms in total. The van der Waals surface area contributed by atoms with Crippen LogP contribution < -0.4 is 10.6 Å². The van der Waals surface area contributed by atoms with Crippen LogP contribution in [0.5, 0.6) is 0 Å². The minimum absolute atomic E-state index is 0.412. The largest absolute Gasteiger partial charge is 0.434 e. The molecule has 1 aromatic heterocycles. The number of methoxy groups -OCH3 is 1. The van der Waals surface area contributed by atoms with Crippen LogP contribution in [-0.4, -0.2) is 44.3 Å². The van der Waals surface area contributed by atoms with Gasteiger partial charge in [-0.25, -0.2) is 4.98 Å². The van der Waals surface area contributed by atoms with Crippen molar-refractivity contribution in [1.82, 2.24) is 15.6 Å². The summed E-state index contributed by atoms with van der Waals surface area (Å²) in [6.07, 6.45) is -3.96. The highest BCUT2D eigenvalue weighted by molar-refractivity contribution is 7.09. The first kappa shape index (κ1) is 17.7. The van der Waals surface area contributed by atoms with Crippen LogP contribution in [0.1, 0.15) is 17.6 Å². The molecule has 0 saturated heterocycles. The summed E-state index contributed by atoms with van der Waals surface area (Å²) in [4.78, 5) is 7.82. The van der Waals surface area contributed by atoms with Gasteiger partial charge in [0, 0.05) is 32.0 Å². The molecule has 120 valence electrons. The maximum absolute atomic E-state index is 12.4. The van der Waals surface area contributed by atoms with E-state index < -0.39 is 11.9 Å². The number of aromatic nitrogens is 1. The molecule has 0 atom stereocenters. The van der Waals surface area contributed by atoms with Gasteiger partial charge in [-0.3, -0.25) is 4.99 Å². The average molecular weight is 324 g/mol. The number of ether oxygens (including phenoxy) is 1. The molecule has 0 fully saturated rings. The van der Waals surface area contributed by atoms with Crippen molar-refractivity contribution in [3.05, 3.63) is 16.1 Å². The van der Waals surface area contributed by atoms with Crippen molar-refractivity contribution in [2.75, 3.05) is 33.4 Å². The monoisotopic (exact) mass is 324 g/mol. The molecule has 0 unspecified atom stereocenters. The number of rotatable bonds is 7. The first-order valence-corrected chi connectivity index (χ1v) is 7.38. The second-order valence-electron chi connectivity index (χ2n) is 4.05. The predicted molar refractivity (Wildman–Crippen MR) is 76.7 cm³/mol. The van der Waals surface area contributed by atoms with Crippen LogP contribution in [0.4, 0.5) is 13.2 Å². The summed E-state index contributed by atoms with van der Waals surface area (Å²) in [5.74, 6) is 0.613. The van der Waals surface area contributed by atoms with Gasteiger partial charge in [-0.2, -0.15) is 13.2 Å². The van der Waals surface area contributed by atoms with Gasteiger partial charge in [0.15, 0.2) is 11.7 Å². The number of nitrogens with one attached hydrogen (secondary N) is 2. The molecule has 0 radical (unpaired) electrons. The lowest BCUT2D eigenvalue weighted by atomic mass is 10.4. The first-order chi connectivity index (χ1) is 9.97. The number of aliphatic imine (C=N–C) groups is 1. The van der Waals surface area contributed by atoms with E-state index in [1.54, 1.807) is 7.11 Å². The Kier molecular flexibility index (Phi) is 7.44. The van der Waals surface area contributed by atoms with Crippen molar-refractivity contribution in [2.24, 2.45) is 4.99 Å². The van der Waals surface area contributed by atoms with Gasteiger partial charge < -0.3 is 15.4 Å². The number of hydrogen-bond donors (Lipinski definition) is 2. The van der Waals surface area contributed by atoms with E-state index in [-0.39, 0.29) is 0 Å². The summed E-state index contributed by atoms with van der Waals surface area (Å²) in [6, 6.07) is 0. The van der Waals surface area contributed by atoms with E-state index in [1.165, 1.54) is 0 Å². The number of nitrogens with zero attached hydrogens (tertiary/aromatic N) is 2. The highest BCUT2D eigenvalue weighted by Crippen LogP contribution is 2.29. The molecule has 0 aliphatic rings. The van der Waals surface area contributed by atoms with E-state index in [2.05, 4.69) is 20.6 Å².